The minimum Gasteiger partial charge on any atom is -0.497 e. The van der Waals surface area contributed by atoms with Crippen molar-refractivity contribution in [3.63, 3.8) is 0 Å². The number of benzene rings is 1. The number of hydrogen-bond donors (Lipinski definition) is 1. The van der Waals surface area contributed by atoms with Crippen LogP contribution < -0.4 is 10.1 Å². The molecule has 1 heterocycles. The molecule has 3 rings (SSSR count). The van der Waals surface area contributed by atoms with Crippen molar-refractivity contribution in [3.05, 3.63) is 58.9 Å². The molecule has 1 aromatic carbocycles. The van der Waals surface area contributed by atoms with E-state index in [2.05, 4.69) is 10.3 Å². The van der Waals surface area contributed by atoms with Gasteiger partial charge in [0.2, 0.25) is 0 Å². The second-order valence-corrected chi connectivity index (χ2v) is 5.50. The molecule has 1 fully saturated rings. The number of nitrogens with zero attached hydrogens (tertiary/aromatic N) is 1. The molecule has 1 saturated carbocycles. The molecule has 0 unspecified atom stereocenters. The maximum absolute atomic E-state index is 12.4. The molecule has 108 valence electrons. The van der Waals surface area contributed by atoms with Gasteiger partial charge >= 0.3 is 0 Å². The Bertz CT molecular complexity index is 683. The lowest BCUT2D eigenvalue weighted by Gasteiger charge is -2.19. The molecule has 0 aliphatic heterocycles. The van der Waals surface area contributed by atoms with Crippen LogP contribution in [0, 0.1) is 0 Å². The van der Waals surface area contributed by atoms with Crippen LogP contribution in [0.1, 0.15) is 28.9 Å². The molecular formula is C16H15ClN2O2. The molecule has 1 aliphatic carbocycles. The van der Waals surface area contributed by atoms with E-state index in [0.29, 0.717) is 16.5 Å². The predicted molar refractivity (Wildman–Crippen MR) is 80.6 cm³/mol. The van der Waals surface area contributed by atoms with E-state index in [-0.39, 0.29) is 11.4 Å². The van der Waals surface area contributed by atoms with Crippen molar-refractivity contribution >= 4 is 17.5 Å². The van der Waals surface area contributed by atoms with Crippen molar-refractivity contribution in [2.24, 2.45) is 0 Å². The van der Waals surface area contributed by atoms with E-state index in [1.807, 2.05) is 24.3 Å². The van der Waals surface area contributed by atoms with E-state index in [4.69, 9.17) is 16.3 Å². The summed E-state index contributed by atoms with van der Waals surface area (Å²) < 4.78 is 5.11. The number of nitrogens with one attached hydrogen (secondary N) is 1. The molecule has 1 aliphatic rings. The number of carbonyl (C=O) groups excluding carboxylic acids is 1. The Morgan fingerprint density at radius 2 is 2.10 bits per heavy atom. The van der Waals surface area contributed by atoms with E-state index in [1.165, 1.54) is 0 Å². The normalized spacial score (nSPS) is 15.3. The highest BCUT2D eigenvalue weighted by Gasteiger charge is 2.47. The van der Waals surface area contributed by atoms with Gasteiger partial charge in [-0.25, -0.2) is 0 Å². The number of ether oxygens (including phenoxy) is 1. The molecule has 2 aromatic rings. The summed E-state index contributed by atoms with van der Waals surface area (Å²) in [6.45, 7) is 0. The largest absolute Gasteiger partial charge is 0.497 e. The first-order chi connectivity index (χ1) is 10.1. The summed E-state index contributed by atoms with van der Waals surface area (Å²) in [6, 6.07) is 10.9. The highest BCUT2D eigenvalue weighted by atomic mass is 35.5. The van der Waals surface area contributed by atoms with Gasteiger partial charge in [-0.3, -0.25) is 9.78 Å². The zero-order chi connectivity index (χ0) is 14.9. The Labute approximate surface area is 128 Å². The number of halogens is 1. The number of pyridine rings is 1. The molecule has 0 spiro atoms. The van der Waals surface area contributed by atoms with Crippen LogP contribution in [0.4, 0.5) is 0 Å². The van der Waals surface area contributed by atoms with Crippen molar-refractivity contribution in [2.75, 3.05) is 7.11 Å². The fourth-order valence-corrected chi connectivity index (χ4v) is 2.70. The monoisotopic (exact) mass is 302 g/mol. The maximum atomic E-state index is 12.4. The highest BCUT2D eigenvalue weighted by Crippen LogP contribution is 2.48. The third-order valence-corrected chi connectivity index (χ3v) is 4.02. The van der Waals surface area contributed by atoms with Crippen LogP contribution in [0.25, 0.3) is 0 Å². The van der Waals surface area contributed by atoms with Crippen molar-refractivity contribution in [1.82, 2.24) is 10.3 Å². The second kappa shape index (κ2) is 5.37. The fourth-order valence-electron chi connectivity index (χ4n) is 2.38. The van der Waals surface area contributed by atoms with E-state index in [9.17, 15) is 4.79 Å². The van der Waals surface area contributed by atoms with Crippen LogP contribution in [0.3, 0.4) is 0 Å². The molecule has 1 aromatic heterocycles. The van der Waals surface area contributed by atoms with E-state index in [0.717, 1.165) is 18.4 Å². The average molecular weight is 303 g/mol. The van der Waals surface area contributed by atoms with Crippen LogP contribution in [0.5, 0.6) is 5.75 Å². The quantitative estimate of drug-likeness (QED) is 0.944. The van der Waals surface area contributed by atoms with Gasteiger partial charge in [-0.15, -0.1) is 0 Å². The van der Waals surface area contributed by atoms with Crippen molar-refractivity contribution in [2.45, 2.75) is 18.4 Å². The molecule has 1 amide bonds. The van der Waals surface area contributed by atoms with Gasteiger partial charge in [0, 0.05) is 17.3 Å². The van der Waals surface area contributed by atoms with Crippen LogP contribution in [-0.2, 0) is 5.54 Å². The number of methoxy groups -OCH3 is 1. The standard InChI is InChI=1S/C16H15ClN2O2/c1-21-11-6-9-18-14(10-11)15(20)19-16(7-8-16)12-4-2-3-5-13(12)17/h2-6,9-10H,7-8H2,1H3,(H,19,20). The first-order valence-electron chi connectivity index (χ1n) is 6.72. The number of aromatic nitrogens is 1. The number of amides is 1. The summed E-state index contributed by atoms with van der Waals surface area (Å²) >= 11 is 6.24. The number of rotatable bonds is 4. The minimum atomic E-state index is -0.361. The summed E-state index contributed by atoms with van der Waals surface area (Å²) in [5, 5.41) is 3.73. The Hall–Kier alpha value is -2.07. The van der Waals surface area contributed by atoms with Gasteiger partial charge in [0.25, 0.3) is 5.91 Å². The zero-order valence-electron chi connectivity index (χ0n) is 11.6. The molecule has 0 saturated heterocycles. The number of carbonyl (C=O) groups is 1. The Kier molecular flexibility index (Phi) is 3.55. The highest BCUT2D eigenvalue weighted by molar-refractivity contribution is 6.31. The summed E-state index contributed by atoms with van der Waals surface area (Å²) in [5.74, 6) is 0.393. The van der Waals surface area contributed by atoms with Gasteiger partial charge in [0.1, 0.15) is 11.4 Å². The lowest BCUT2D eigenvalue weighted by molar-refractivity contribution is 0.0925. The first kappa shape index (κ1) is 13.9. The molecule has 0 atom stereocenters. The average Bonchev–Trinajstić information content (AvgIpc) is 3.28. The topological polar surface area (TPSA) is 51.2 Å². The third kappa shape index (κ3) is 2.72. The van der Waals surface area contributed by atoms with Gasteiger partial charge in [0.15, 0.2) is 0 Å². The smallest absolute Gasteiger partial charge is 0.270 e. The van der Waals surface area contributed by atoms with E-state index < -0.39 is 0 Å². The molecular weight excluding hydrogens is 288 g/mol. The lowest BCUT2D eigenvalue weighted by atomic mass is 10.0. The molecule has 4 nitrogen and oxygen atoms in total. The Morgan fingerprint density at radius 3 is 2.76 bits per heavy atom. The van der Waals surface area contributed by atoms with Gasteiger partial charge in [-0.2, -0.15) is 0 Å². The molecule has 0 bridgehead atoms. The predicted octanol–water partition coefficient (Wildman–Crippen LogP) is 3.16. The molecule has 0 radical (unpaired) electrons. The summed E-state index contributed by atoms with van der Waals surface area (Å²) in [7, 11) is 1.56. The minimum absolute atomic E-state index is 0.216. The zero-order valence-corrected chi connectivity index (χ0v) is 12.4. The molecule has 21 heavy (non-hydrogen) atoms. The second-order valence-electron chi connectivity index (χ2n) is 5.10. The fraction of sp³-hybridized carbons (Fsp3) is 0.250. The van der Waals surface area contributed by atoms with E-state index >= 15 is 0 Å². The third-order valence-electron chi connectivity index (χ3n) is 3.69. The van der Waals surface area contributed by atoms with Crippen LogP contribution >= 0.6 is 11.6 Å². The van der Waals surface area contributed by atoms with Gasteiger partial charge in [-0.1, -0.05) is 29.8 Å². The summed E-state index contributed by atoms with van der Waals surface area (Å²) in [4.78, 5) is 16.5. The summed E-state index contributed by atoms with van der Waals surface area (Å²) in [6.07, 6.45) is 3.32. The van der Waals surface area contributed by atoms with Gasteiger partial charge < -0.3 is 10.1 Å². The summed E-state index contributed by atoms with van der Waals surface area (Å²) in [5.41, 5.74) is 0.941. The van der Waals surface area contributed by atoms with Gasteiger partial charge in [-0.05, 0) is 30.5 Å². The van der Waals surface area contributed by atoms with Gasteiger partial charge in [0.05, 0.1) is 12.6 Å². The molecule has 1 N–H and O–H groups in total. The van der Waals surface area contributed by atoms with Crippen LogP contribution in [0.2, 0.25) is 5.02 Å². The number of hydrogen-bond acceptors (Lipinski definition) is 3. The Balaban J connectivity index is 1.83. The van der Waals surface area contributed by atoms with Crippen LogP contribution in [-0.4, -0.2) is 18.0 Å². The SMILES string of the molecule is COc1ccnc(C(=O)NC2(c3ccccc3Cl)CC2)c1. The van der Waals surface area contributed by atoms with Crippen molar-refractivity contribution in [3.8, 4) is 5.75 Å². The van der Waals surface area contributed by atoms with E-state index in [1.54, 1.807) is 25.4 Å². The maximum Gasteiger partial charge on any atom is 0.270 e. The van der Waals surface area contributed by atoms with Crippen molar-refractivity contribution < 1.29 is 9.53 Å². The Morgan fingerprint density at radius 1 is 1.33 bits per heavy atom. The lowest BCUT2D eigenvalue weighted by Crippen LogP contribution is -2.35. The van der Waals surface area contributed by atoms with Crippen molar-refractivity contribution in [1.29, 1.82) is 0 Å². The van der Waals surface area contributed by atoms with Crippen LogP contribution in [0.15, 0.2) is 42.6 Å². The first-order valence-corrected chi connectivity index (χ1v) is 7.10. The molecule has 5 heteroatoms.